The van der Waals surface area contributed by atoms with Gasteiger partial charge < -0.3 is 28.8 Å². The molecule has 4 rings (SSSR count). The minimum atomic E-state index is -0.869. The van der Waals surface area contributed by atoms with E-state index in [4.69, 9.17) is 23.7 Å². The predicted molar refractivity (Wildman–Crippen MR) is 162 cm³/mol. The van der Waals surface area contributed by atoms with Crippen LogP contribution in [-0.2, 0) is 29.2 Å². The third kappa shape index (κ3) is 8.51. The first kappa shape index (κ1) is 30.5. The Bertz CT molecular complexity index is 1410. The maximum atomic E-state index is 12.5. The fraction of sp³-hybridized carbons (Fsp3) is 0.286. The summed E-state index contributed by atoms with van der Waals surface area (Å²) in [6, 6.07) is 31.1. The zero-order valence-corrected chi connectivity index (χ0v) is 24.3. The van der Waals surface area contributed by atoms with E-state index in [0.717, 1.165) is 22.3 Å². The fourth-order valence-electron chi connectivity index (χ4n) is 4.89. The van der Waals surface area contributed by atoms with E-state index in [1.807, 2.05) is 97.1 Å². The molecule has 2 atom stereocenters. The number of aliphatic carboxylic acids is 1. The molecule has 0 aliphatic carbocycles. The van der Waals surface area contributed by atoms with Crippen molar-refractivity contribution in [3.8, 4) is 23.0 Å². The van der Waals surface area contributed by atoms with Gasteiger partial charge in [0.05, 0.1) is 40.5 Å². The van der Waals surface area contributed by atoms with E-state index in [2.05, 4.69) is 0 Å². The summed E-state index contributed by atoms with van der Waals surface area (Å²) < 4.78 is 28.6. The number of rotatable bonds is 16. The number of ether oxygens (including phenoxy) is 5. The molecule has 0 aliphatic heterocycles. The van der Waals surface area contributed by atoms with Crippen molar-refractivity contribution in [1.29, 1.82) is 0 Å². The second-order valence-electron chi connectivity index (χ2n) is 10.0. The van der Waals surface area contributed by atoms with Crippen LogP contribution < -0.4 is 18.9 Å². The first-order chi connectivity index (χ1) is 20.5. The smallest absolute Gasteiger partial charge is 0.306 e. The summed E-state index contributed by atoms with van der Waals surface area (Å²) in [5, 5.41) is 10.3. The molecule has 1 N–H and O–H groups in total. The number of hydrogen-bond acceptors (Lipinski definition) is 6. The second kappa shape index (κ2) is 15.5. The van der Waals surface area contributed by atoms with E-state index in [1.165, 1.54) is 0 Å². The van der Waals surface area contributed by atoms with Crippen molar-refractivity contribution in [2.24, 2.45) is 5.92 Å². The van der Waals surface area contributed by atoms with Gasteiger partial charge in [0.2, 0.25) is 0 Å². The quantitative estimate of drug-likeness (QED) is 0.156. The summed E-state index contributed by atoms with van der Waals surface area (Å²) in [5.74, 6) is 0.651. The number of benzene rings is 4. The SMILES string of the molecule is COc1ccc([C@@H](COCc2ccccc2)C[C@H](Cc2ccc(OCc3ccccc3)c(OC)c2)C(=O)O)cc1OC. The summed E-state index contributed by atoms with van der Waals surface area (Å²) >= 11 is 0. The average molecular weight is 571 g/mol. The molecule has 7 heteroatoms. The molecule has 0 radical (unpaired) electrons. The van der Waals surface area contributed by atoms with Gasteiger partial charge in [-0.1, -0.05) is 72.8 Å². The molecule has 4 aromatic rings. The van der Waals surface area contributed by atoms with Crippen molar-refractivity contribution in [3.05, 3.63) is 119 Å². The van der Waals surface area contributed by atoms with Crippen LogP contribution in [0, 0.1) is 5.92 Å². The maximum absolute atomic E-state index is 12.5. The molecule has 0 heterocycles. The topological polar surface area (TPSA) is 83.5 Å². The first-order valence-electron chi connectivity index (χ1n) is 13.9. The van der Waals surface area contributed by atoms with E-state index in [0.29, 0.717) is 55.7 Å². The molecule has 0 saturated heterocycles. The van der Waals surface area contributed by atoms with Gasteiger partial charge in [-0.3, -0.25) is 4.79 Å². The van der Waals surface area contributed by atoms with Crippen LogP contribution in [0.3, 0.4) is 0 Å². The molecule has 0 fully saturated rings. The fourth-order valence-corrected chi connectivity index (χ4v) is 4.89. The minimum absolute atomic E-state index is 0.190. The highest BCUT2D eigenvalue weighted by atomic mass is 16.5. The third-order valence-electron chi connectivity index (χ3n) is 7.18. The lowest BCUT2D eigenvalue weighted by Crippen LogP contribution is -2.22. The Morgan fingerprint density at radius 2 is 1.26 bits per heavy atom. The van der Waals surface area contributed by atoms with Crippen LogP contribution in [0.5, 0.6) is 23.0 Å². The van der Waals surface area contributed by atoms with E-state index < -0.39 is 11.9 Å². The zero-order chi connectivity index (χ0) is 29.7. The van der Waals surface area contributed by atoms with Crippen molar-refractivity contribution in [3.63, 3.8) is 0 Å². The van der Waals surface area contributed by atoms with Crippen molar-refractivity contribution in [2.45, 2.75) is 32.0 Å². The lowest BCUT2D eigenvalue weighted by Gasteiger charge is -2.23. The van der Waals surface area contributed by atoms with Crippen molar-refractivity contribution in [1.82, 2.24) is 0 Å². The Morgan fingerprint density at radius 3 is 1.88 bits per heavy atom. The maximum Gasteiger partial charge on any atom is 0.306 e. The number of hydrogen-bond donors (Lipinski definition) is 1. The van der Waals surface area contributed by atoms with Crippen molar-refractivity contribution in [2.75, 3.05) is 27.9 Å². The van der Waals surface area contributed by atoms with Gasteiger partial charge in [0.15, 0.2) is 23.0 Å². The van der Waals surface area contributed by atoms with Gasteiger partial charge >= 0.3 is 5.97 Å². The van der Waals surface area contributed by atoms with Gasteiger partial charge in [-0.15, -0.1) is 0 Å². The largest absolute Gasteiger partial charge is 0.493 e. The summed E-state index contributed by atoms with van der Waals surface area (Å²) in [6.07, 6.45) is 0.696. The molecule has 0 amide bonds. The van der Waals surface area contributed by atoms with Crippen LogP contribution >= 0.6 is 0 Å². The molecule has 220 valence electrons. The summed E-state index contributed by atoms with van der Waals surface area (Å²) in [5.41, 5.74) is 3.88. The third-order valence-corrected chi connectivity index (χ3v) is 7.18. The Morgan fingerprint density at radius 1 is 0.667 bits per heavy atom. The van der Waals surface area contributed by atoms with Crippen molar-refractivity contribution < 1.29 is 33.6 Å². The minimum Gasteiger partial charge on any atom is -0.493 e. The summed E-state index contributed by atoms with van der Waals surface area (Å²) in [4.78, 5) is 12.5. The van der Waals surface area contributed by atoms with E-state index in [-0.39, 0.29) is 5.92 Å². The monoisotopic (exact) mass is 570 g/mol. The Balaban J connectivity index is 1.51. The molecular weight excluding hydrogens is 532 g/mol. The second-order valence-corrected chi connectivity index (χ2v) is 10.0. The van der Waals surface area contributed by atoms with Gasteiger partial charge in [0.25, 0.3) is 0 Å². The molecular formula is C35H38O7. The number of carboxylic acid groups (broad SMARTS) is 1. The average Bonchev–Trinajstić information content (AvgIpc) is 3.03. The lowest BCUT2D eigenvalue weighted by atomic mass is 9.85. The summed E-state index contributed by atoms with van der Waals surface area (Å²) in [6.45, 7) is 1.19. The van der Waals surface area contributed by atoms with Crippen molar-refractivity contribution >= 4 is 5.97 Å². The molecule has 0 saturated carbocycles. The van der Waals surface area contributed by atoms with Crippen LogP contribution in [0.1, 0.15) is 34.6 Å². The first-order valence-corrected chi connectivity index (χ1v) is 13.9. The predicted octanol–water partition coefficient (Wildman–Crippen LogP) is 6.93. The van der Waals surface area contributed by atoms with Crippen LogP contribution in [0.25, 0.3) is 0 Å². The Kier molecular flexibility index (Phi) is 11.2. The summed E-state index contributed by atoms with van der Waals surface area (Å²) in [7, 11) is 4.76. The molecule has 0 bridgehead atoms. The van der Waals surface area contributed by atoms with Gasteiger partial charge in [-0.2, -0.15) is 0 Å². The molecule has 0 aromatic heterocycles. The molecule has 42 heavy (non-hydrogen) atoms. The van der Waals surface area contributed by atoms with Gasteiger partial charge in [-0.25, -0.2) is 0 Å². The highest BCUT2D eigenvalue weighted by molar-refractivity contribution is 5.70. The normalized spacial score (nSPS) is 12.3. The number of methoxy groups -OCH3 is 3. The number of carbonyl (C=O) groups is 1. The van der Waals surface area contributed by atoms with E-state index in [1.54, 1.807) is 21.3 Å². The molecule has 0 spiro atoms. The molecule has 7 nitrogen and oxygen atoms in total. The number of carboxylic acids is 1. The van der Waals surface area contributed by atoms with Crippen LogP contribution in [0.2, 0.25) is 0 Å². The van der Waals surface area contributed by atoms with Crippen LogP contribution in [0.15, 0.2) is 97.1 Å². The molecule has 0 unspecified atom stereocenters. The lowest BCUT2D eigenvalue weighted by molar-refractivity contribution is -0.142. The van der Waals surface area contributed by atoms with E-state index in [9.17, 15) is 9.90 Å². The van der Waals surface area contributed by atoms with Gasteiger partial charge in [0, 0.05) is 5.92 Å². The van der Waals surface area contributed by atoms with Gasteiger partial charge in [0.1, 0.15) is 6.61 Å². The Labute approximate surface area is 247 Å². The van der Waals surface area contributed by atoms with Crippen LogP contribution in [0.4, 0.5) is 0 Å². The standard InChI is InChI=1S/C35H38O7/c1-38-31-17-15-28(21-34(31)40-3)30(24-41-22-25-10-6-4-7-11-25)20-29(35(36)37)18-27-14-16-32(33(19-27)39-2)42-23-26-12-8-5-9-13-26/h4-17,19,21,29-30H,18,20,22-24H2,1-3H3,(H,36,37)/t29-,30+/m0/s1. The molecule has 4 aromatic carbocycles. The Hall–Kier alpha value is -4.49. The van der Waals surface area contributed by atoms with Crippen LogP contribution in [-0.4, -0.2) is 39.0 Å². The highest BCUT2D eigenvalue weighted by Crippen LogP contribution is 2.35. The van der Waals surface area contributed by atoms with E-state index >= 15 is 0 Å². The van der Waals surface area contributed by atoms with Gasteiger partial charge in [-0.05, 0) is 59.4 Å². The molecule has 0 aliphatic rings. The highest BCUT2D eigenvalue weighted by Gasteiger charge is 2.26. The zero-order valence-electron chi connectivity index (χ0n) is 24.3.